The van der Waals surface area contributed by atoms with Crippen molar-refractivity contribution in [2.24, 2.45) is 0 Å². The van der Waals surface area contributed by atoms with E-state index in [1.54, 1.807) is 18.2 Å². The van der Waals surface area contributed by atoms with Gasteiger partial charge in [0, 0.05) is 6.07 Å². The first-order valence-corrected chi connectivity index (χ1v) is 9.90. The van der Waals surface area contributed by atoms with Gasteiger partial charge in [-0.05, 0) is 24.3 Å². The van der Waals surface area contributed by atoms with Crippen LogP contribution in [0.1, 0.15) is 22.6 Å². The van der Waals surface area contributed by atoms with E-state index in [2.05, 4.69) is 9.71 Å². The molecule has 1 unspecified atom stereocenters. The molecular weight excluding hydrogens is 447 g/mol. The molecule has 11 heteroatoms. The summed E-state index contributed by atoms with van der Waals surface area (Å²) in [4.78, 5) is 16.4. The number of rotatable bonds is 6. The number of nitrogens with one attached hydrogen (secondary N) is 1. The van der Waals surface area contributed by atoms with E-state index >= 15 is 0 Å². The Morgan fingerprint density at radius 1 is 1.24 bits per heavy atom. The average Bonchev–Trinajstić information content (AvgIpc) is 3.14. The summed E-state index contributed by atoms with van der Waals surface area (Å²) >= 11 is 9.94. The highest BCUT2D eigenvalue weighted by molar-refractivity contribution is 7.90. The van der Waals surface area contributed by atoms with Gasteiger partial charge in [-0.25, -0.2) is 13.8 Å². The van der Waals surface area contributed by atoms with Crippen LogP contribution in [0.5, 0.6) is 5.75 Å². The van der Waals surface area contributed by atoms with Crippen LogP contribution in [0.3, 0.4) is 0 Å². The first-order valence-electron chi connectivity index (χ1n) is 8.00. The summed E-state index contributed by atoms with van der Waals surface area (Å²) in [6.07, 6.45) is -1.98. The molecule has 0 saturated heterocycles. The molecule has 0 aliphatic rings. The third-order valence-corrected chi connectivity index (χ3v) is 5.73. The van der Waals surface area contributed by atoms with Gasteiger partial charge < -0.3 is 9.29 Å². The molecule has 0 fully saturated rings. The van der Waals surface area contributed by atoms with Gasteiger partial charge >= 0.3 is 5.91 Å². The average molecular weight is 460 g/mol. The molecule has 0 saturated carbocycles. The molecule has 1 heterocycles. The van der Waals surface area contributed by atoms with E-state index < -0.39 is 35.1 Å². The van der Waals surface area contributed by atoms with Crippen LogP contribution in [0.15, 0.2) is 53.7 Å². The maximum atomic E-state index is 13.7. The summed E-state index contributed by atoms with van der Waals surface area (Å²) in [5.41, 5.74) is -1.02. The van der Waals surface area contributed by atoms with Crippen molar-refractivity contribution in [1.29, 1.82) is 0 Å². The van der Waals surface area contributed by atoms with Gasteiger partial charge in [-0.15, -0.1) is 0 Å². The fourth-order valence-corrected chi connectivity index (χ4v) is 3.92. The van der Waals surface area contributed by atoms with Gasteiger partial charge in [0.2, 0.25) is 4.90 Å². The highest BCUT2D eigenvalue weighted by atomic mass is 35.5. The zero-order valence-corrected chi connectivity index (χ0v) is 17.1. The van der Waals surface area contributed by atoms with E-state index in [1.807, 2.05) is 0 Å². The number of benzene rings is 2. The van der Waals surface area contributed by atoms with Gasteiger partial charge in [0.05, 0.1) is 22.8 Å². The van der Waals surface area contributed by atoms with E-state index in [0.29, 0.717) is 5.75 Å². The van der Waals surface area contributed by atoms with E-state index in [-0.39, 0.29) is 20.6 Å². The molecule has 0 aliphatic carbocycles. The minimum Gasteiger partial charge on any atom is -0.588 e. The molecule has 3 rings (SSSR count). The highest BCUT2D eigenvalue weighted by Gasteiger charge is 2.30. The van der Waals surface area contributed by atoms with Crippen molar-refractivity contribution >= 4 is 40.5 Å². The molecule has 1 atom stereocenters. The fourth-order valence-electron chi connectivity index (χ4n) is 2.52. The minimum atomic E-state index is -3.04. The quantitative estimate of drug-likeness (QED) is 0.547. The Labute approximate surface area is 177 Å². The maximum absolute atomic E-state index is 13.7. The molecule has 1 N–H and O–H groups in total. The Hall–Kier alpha value is -2.33. The molecule has 152 valence electrons. The second-order valence-corrected chi connectivity index (χ2v) is 7.59. The van der Waals surface area contributed by atoms with Crippen LogP contribution < -0.4 is 9.46 Å². The number of carbonyl (C=O) groups is 1. The number of hydrogen-bond acceptors (Lipinski definition) is 4. The topological polar surface area (TPSA) is 79.2 Å². The summed E-state index contributed by atoms with van der Waals surface area (Å²) in [5.74, 6) is -0.688. The molecule has 3 aromatic rings. The first-order chi connectivity index (χ1) is 13.8. The summed E-state index contributed by atoms with van der Waals surface area (Å²) in [6, 6.07) is 10.6. The van der Waals surface area contributed by atoms with Crippen LogP contribution in [-0.2, 0) is 11.4 Å². The van der Waals surface area contributed by atoms with Gasteiger partial charge in [0.1, 0.15) is 29.1 Å². The molecular formula is C18H13Cl2F2N3O3S. The molecule has 0 radical (unpaired) electrons. The van der Waals surface area contributed by atoms with Crippen molar-refractivity contribution in [3.05, 3.63) is 70.2 Å². The number of carbonyl (C=O) groups excluding carboxylic acids is 1. The van der Waals surface area contributed by atoms with Crippen LogP contribution in [0.4, 0.5) is 8.78 Å². The number of methoxy groups -OCH3 is 1. The van der Waals surface area contributed by atoms with Crippen molar-refractivity contribution in [3.63, 3.8) is 0 Å². The van der Waals surface area contributed by atoms with Crippen LogP contribution in [0.25, 0.3) is 5.69 Å². The summed E-state index contributed by atoms with van der Waals surface area (Å²) in [7, 11) is 1.41. The Kier molecular flexibility index (Phi) is 6.63. The number of halogens is 4. The van der Waals surface area contributed by atoms with E-state index in [9.17, 15) is 18.1 Å². The Morgan fingerprint density at radius 2 is 1.97 bits per heavy atom. The monoisotopic (exact) mass is 459 g/mol. The molecule has 6 nitrogen and oxygen atoms in total. The number of para-hydroxylation sites is 1. The number of alkyl halides is 2. The number of imidazole rings is 1. The highest BCUT2D eigenvalue weighted by Crippen LogP contribution is 2.30. The SMILES string of the molecule is COc1ccc(Cl)c([S+]([O-])NC(=O)c2ncn(-c3ccccc3Cl)c2C(F)F)c1. The fraction of sp³-hybridized carbons (Fsp3) is 0.111. The van der Waals surface area contributed by atoms with E-state index in [0.717, 1.165) is 10.9 Å². The lowest BCUT2D eigenvalue weighted by Crippen LogP contribution is -2.32. The van der Waals surface area contributed by atoms with Crippen LogP contribution in [0, 0.1) is 0 Å². The summed E-state index contributed by atoms with van der Waals surface area (Å²) in [5, 5.41) is 0.311. The Morgan fingerprint density at radius 3 is 2.62 bits per heavy atom. The smallest absolute Gasteiger partial charge is 0.313 e. The third kappa shape index (κ3) is 4.48. The van der Waals surface area contributed by atoms with Crippen LogP contribution in [0.2, 0.25) is 10.0 Å². The van der Waals surface area contributed by atoms with E-state index in [4.69, 9.17) is 27.9 Å². The van der Waals surface area contributed by atoms with Crippen LogP contribution >= 0.6 is 23.2 Å². The van der Waals surface area contributed by atoms with Crippen LogP contribution in [-0.4, -0.2) is 27.1 Å². The molecule has 1 amide bonds. The molecule has 0 spiro atoms. The number of ether oxygens (including phenoxy) is 1. The predicted octanol–water partition coefficient (Wildman–Crippen LogP) is 4.58. The third-order valence-electron chi connectivity index (χ3n) is 3.86. The standard InChI is InChI=1S/C18H13Cl2F2N3O3S/c1-28-10-6-7-12(20)14(8-10)29(27)24-18(26)15-16(17(21)22)25(9-23-15)13-5-3-2-4-11(13)19/h2-9,17H,1H3,(H,24,26). The lowest BCUT2D eigenvalue weighted by Gasteiger charge is -2.13. The summed E-state index contributed by atoms with van der Waals surface area (Å²) in [6.45, 7) is 0. The Bertz CT molecular complexity index is 1050. The van der Waals surface area contributed by atoms with Gasteiger partial charge in [0.15, 0.2) is 5.69 Å². The number of aromatic nitrogens is 2. The largest absolute Gasteiger partial charge is 0.588 e. The molecule has 0 bridgehead atoms. The number of nitrogens with zero attached hydrogens (tertiary/aromatic N) is 2. The Balaban J connectivity index is 1.93. The first kappa shape index (κ1) is 21.4. The van der Waals surface area contributed by atoms with Gasteiger partial charge in [-0.3, -0.25) is 9.36 Å². The van der Waals surface area contributed by atoms with Crippen molar-refractivity contribution < 1.29 is 22.9 Å². The normalized spacial score (nSPS) is 12.1. The van der Waals surface area contributed by atoms with Gasteiger partial charge in [-0.1, -0.05) is 35.3 Å². The zero-order chi connectivity index (χ0) is 21.1. The minimum absolute atomic E-state index is 0.0588. The van der Waals surface area contributed by atoms with Crippen molar-refractivity contribution in [3.8, 4) is 11.4 Å². The van der Waals surface area contributed by atoms with Crippen molar-refractivity contribution in [2.45, 2.75) is 11.3 Å². The molecule has 29 heavy (non-hydrogen) atoms. The molecule has 0 aliphatic heterocycles. The van der Waals surface area contributed by atoms with Crippen molar-refractivity contribution in [1.82, 2.24) is 14.3 Å². The van der Waals surface area contributed by atoms with E-state index in [1.165, 1.54) is 31.4 Å². The molecule has 2 aromatic carbocycles. The molecule has 1 aromatic heterocycles. The number of amides is 1. The maximum Gasteiger partial charge on any atom is 0.313 e. The number of hydrogen-bond donors (Lipinski definition) is 1. The summed E-state index contributed by atoms with van der Waals surface area (Å²) < 4.78 is 48.2. The predicted molar refractivity (Wildman–Crippen MR) is 105 cm³/mol. The van der Waals surface area contributed by atoms with Gasteiger partial charge in [0.25, 0.3) is 6.43 Å². The second-order valence-electron chi connectivity index (χ2n) is 5.60. The second kappa shape index (κ2) is 9.00. The van der Waals surface area contributed by atoms with Crippen molar-refractivity contribution in [2.75, 3.05) is 7.11 Å². The van der Waals surface area contributed by atoms with Gasteiger partial charge in [-0.2, -0.15) is 4.72 Å². The zero-order valence-electron chi connectivity index (χ0n) is 14.7. The lowest BCUT2D eigenvalue weighted by atomic mass is 10.2. The lowest BCUT2D eigenvalue weighted by molar-refractivity contribution is 0.0959.